The van der Waals surface area contributed by atoms with Crippen molar-refractivity contribution in [1.29, 1.82) is 0 Å². The first kappa shape index (κ1) is 11.7. The normalized spacial score (nSPS) is 11.1. The van der Waals surface area contributed by atoms with Crippen LogP contribution in [0, 0.1) is 5.82 Å². The largest absolute Gasteiger partial charge is 0.469 e. The van der Waals surface area contributed by atoms with E-state index in [-0.39, 0.29) is 11.6 Å². The fraction of sp³-hybridized carbons (Fsp3) is 0.133. The molecular formula is C15H12FNO2. The van der Waals surface area contributed by atoms with Gasteiger partial charge >= 0.3 is 0 Å². The molecular weight excluding hydrogens is 245 g/mol. The van der Waals surface area contributed by atoms with Gasteiger partial charge in [0.2, 0.25) is 0 Å². The third-order valence-corrected chi connectivity index (χ3v) is 3.20. The number of hydrogen-bond donors (Lipinski definition) is 1. The second kappa shape index (κ2) is 4.39. The number of carbonyl (C=O) groups is 1. The van der Waals surface area contributed by atoms with E-state index >= 15 is 0 Å². The molecule has 0 amide bonds. The fourth-order valence-electron chi connectivity index (χ4n) is 2.24. The zero-order chi connectivity index (χ0) is 13.4. The molecule has 3 nitrogen and oxygen atoms in total. The minimum absolute atomic E-state index is 0.151. The predicted octanol–water partition coefficient (Wildman–Crippen LogP) is 3.69. The number of nitrogens with one attached hydrogen (secondary N) is 1. The van der Waals surface area contributed by atoms with Crippen LogP contribution in [-0.4, -0.2) is 10.8 Å². The van der Waals surface area contributed by atoms with Crippen LogP contribution >= 0.6 is 0 Å². The summed E-state index contributed by atoms with van der Waals surface area (Å²) < 4.78 is 18.6. The van der Waals surface area contributed by atoms with Crippen molar-refractivity contribution < 1.29 is 13.6 Å². The minimum Gasteiger partial charge on any atom is -0.469 e. The molecule has 0 aliphatic carbocycles. The van der Waals surface area contributed by atoms with Crippen LogP contribution in [0.1, 0.15) is 28.6 Å². The second-order valence-corrected chi connectivity index (χ2v) is 4.33. The Morgan fingerprint density at radius 3 is 2.95 bits per heavy atom. The number of H-pyrrole nitrogens is 1. The zero-order valence-electron chi connectivity index (χ0n) is 10.4. The molecule has 0 saturated carbocycles. The molecule has 0 aliphatic heterocycles. The quantitative estimate of drug-likeness (QED) is 0.727. The highest BCUT2D eigenvalue weighted by Gasteiger charge is 2.18. The van der Waals surface area contributed by atoms with E-state index in [4.69, 9.17) is 4.42 Å². The van der Waals surface area contributed by atoms with Crippen molar-refractivity contribution >= 4 is 16.7 Å². The number of hydrogen-bond acceptors (Lipinski definition) is 2. The summed E-state index contributed by atoms with van der Waals surface area (Å²) in [5.74, 6) is 0.141. The summed E-state index contributed by atoms with van der Waals surface area (Å²) in [6, 6.07) is 6.00. The van der Waals surface area contributed by atoms with Crippen LogP contribution in [0.25, 0.3) is 10.9 Å². The van der Waals surface area contributed by atoms with Gasteiger partial charge in [-0.2, -0.15) is 0 Å². The first-order chi connectivity index (χ1) is 9.20. The molecule has 4 heteroatoms. The lowest BCUT2D eigenvalue weighted by atomic mass is 10.0. The maximum Gasteiger partial charge on any atom is 0.198 e. The number of rotatable bonds is 3. The molecule has 0 radical (unpaired) electrons. The summed E-state index contributed by atoms with van der Waals surface area (Å²) in [4.78, 5) is 15.4. The number of benzene rings is 1. The molecule has 2 heterocycles. The molecule has 1 N–H and O–H groups in total. The van der Waals surface area contributed by atoms with E-state index in [9.17, 15) is 9.18 Å². The number of aromatic amines is 1. The van der Waals surface area contributed by atoms with E-state index in [1.165, 1.54) is 18.4 Å². The molecule has 3 rings (SSSR count). The summed E-state index contributed by atoms with van der Waals surface area (Å²) in [5, 5.41) is 0.591. The average molecular weight is 257 g/mol. The Balaban J connectivity index is 2.14. The van der Waals surface area contributed by atoms with Gasteiger partial charge in [-0.3, -0.25) is 4.79 Å². The van der Waals surface area contributed by atoms with Gasteiger partial charge in [0.25, 0.3) is 0 Å². The maximum absolute atomic E-state index is 13.3. The fourth-order valence-corrected chi connectivity index (χ4v) is 2.24. The Kier molecular flexibility index (Phi) is 2.71. The highest BCUT2D eigenvalue weighted by molar-refractivity contribution is 6.16. The van der Waals surface area contributed by atoms with Crippen LogP contribution < -0.4 is 0 Å². The molecule has 0 unspecified atom stereocenters. The summed E-state index contributed by atoms with van der Waals surface area (Å²) in [5.41, 5.74) is 1.74. The number of carbonyl (C=O) groups excluding carboxylic acids is 1. The topological polar surface area (TPSA) is 46.0 Å². The Bertz CT molecular complexity index is 754. The monoisotopic (exact) mass is 257 g/mol. The summed E-state index contributed by atoms with van der Waals surface area (Å²) >= 11 is 0. The highest BCUT2D eigenvalue weighted by atomic mass is 19.1. The standard InChI is InChI=1S/C15H12FNO2/c1-2-14-10(5-6-19-14)15(18)12-8-17-13-4-3-9(16)7-11(12)13/h3-8,17H,2H2,1H3. The van der Waals surface area contributed by atoms with Crippen molar-refractivity contribution in [3.8, 4) is 0 Å². The molecule has 0 atom stereocenters. The molecule has 0 fully saturated rings. The number of aryl methyl sites for hydroxylation is 1. The van der Waals surface area contributed by atoms with Gasteiger partial charge in [-0.05, 0) is 24.3 Å². The smallest absolute Gasteiger partial charge is 0.198 e. The SMILES string of the molecule is CCc1occc1C(=O)c1c[nH]c2ccc(F)cc12. The van der Waals surface area contributed by atoms with E-state index in [0.717, 1.165) is 5.52 Å². The van der Waals surface area contributed by atoms with Crippen LogP contribution in [0.3, 0.4) is 0 Å². The Hall–Kier alpha value is -2.36. The van der Waals surface area contributed by atoms with Crippen molar-refractivity contribution in [1.82, 2.24) is 4.98 Å². The summed E-state index contributed by atoms with van der Waals surface area (Å²) in [6.45, 7) is 1.92. The van der Waals surface area contributed by atoms with Gasteiger partial charge in [-0.15, -0.1) is 0 Å². The lowest BCUT2D eigenvalue weighted by molar-refractivity contribution is 0.103. The second-order valence-electron chi connectivity index (χ2n) is 4.33. The molecule has 19 heavy (non-hydrogen) atoms. The number of ketones is 1. The lowest BCUT2D eigenvalue weighted by Gasteiger charge is -1.99. The summed E-state index contributed by atoms with van der Waals surface area (Å²) in [6.07, 6.45) is 3.76. The number of halogens is 1. The van der Waals surface area contributed by atoms with E-state index < -0.39 is 0 Å². The third-order valence-electron chi connectivity index (χ3n) is 3.20. The van der Waals surface area contributed by atoms with Gasteiger partial charge in [0.1, 0.15) is 11.6 Å². The van der Waals surface area contributed by atoms with Gasteiger partial charge < -0.3 is 9.40 Å². The molecule has 2 aromatic heterocycles. The van der Waals surface area contributed by atoms with Gasteiger partial charge in [0, 0.05) is 29.1 Å². The number of furan rings is 1. The predicted molar refractivity (Wildman–Crippen MR) is 69.8 cm³/mol. The molecule has 0 spiro atoms. The molecule has 0 saturated heterocycles. The van der Waals surface area contributed by atoms with Crippen LogP contribution in [0.15, 0.2) is 41.1 Å². The van der Waals surface area contributed by atoms with Crippen molar-refractivity contribution in [3.63, 3.8) is 0 Å². The van der Waals surface area contributed by atoms with Gasteiger partial charge in [-0.1, -0.05) is 6.92 Å². The highest BCUT2D eigenvalue weighted by Crippen LogP contribution is 2.24. The lowest BCUT2D eigenvalue weighted by Crippen LogP contribution is -2.01. The van der Waals surface area contributed by atoms with Crippen LogP contribution in [0.4, 0.5) is 4.39 Å². The van der Waals surface area contributed by atoms with Gasteiger partial charge in [-0.25, -0.2) is 4.39 Å². The number of aromatic nitrogens is 1. The first-order valence-electron chi connectivity index (χ1n) is 6.08. The van der Waals surface area contributed by atoms with Crippen LogP contribution in [0.2, 0.25) is 0 Å². The van der Waals surface area contributed by atoms with E-state index in [1.807, 2.05) is 6.92 Å². The van der Waals surface area contributed by atoms with Gasteiger partial charge in [0.15, 0.2) is 5.78 Å². The maximum atomic E-state index is 13.3. The van der Waals surface area contributed by atoms with Crippen LogP contribution in [0.5, 0.6) is 0 Å². The van der Waals surface area contributed by atoms with Crippen LogP contribution in [-0.2, 0) is 6.42 Å². The Labute approximate surface area is 109 Å². The van der Waals surface area contributed by atoms with Crippen molar-refractivity contribution in [2.75, 3.05) is 0 Å². The molecule has 3 aromatic rings. The van der Waals surface area contributed by atoms with Gasteiger partial charge in [0.05, 0.1) is 11.8 Å². The third kappa shape index (κ3) is 1.85. The van der Waals surface area contributed by atoms with E-state index in [2.05, 4.69) is 4.98 Å². The van der Waals surface area contributed by atoms with Crippen molar-refractivity contribution in [3.05, 3.63) is 59.4 Å². The molecule has 1 aromatic carbocycles. The number of fused-ring (bicyclic) bond motifs is 1. The average Bonchev–Trinajstić information content (AvgIpc) is 3.03. The molecule has 0 aliphatic rings. The van der Waals surface area contributed by atoms with E-state index in [1.54, 1.807) is 18.3 Å². The van der Waals surface area contributed by atoms with E-state index in [0.29, 0.717) is 28.7 Å². The first-order valence-corrected chi connectivity index (χ1v) is 6.08. The zero-order valence-corrected chi connectivity index (χ0v) is 10.4. The summed E-state index contributed by atoms with van der Waals surface area (Å²) in [7, 11) is 0. The molecule has 0 bridgehead atoms. The molecule has 96 valence electrons. The van der Waals surface area contributed by atoms with Crippen molar-refractivity contribution in [2.45, 2.75) is 13.3 Å². The Morgan fingerprint density at radius 1 is 1.32 bits per heavy atom. The Morgan fingerprint density at radius 2 is 2.16 bits per heavy atom. The van der Waals surface area contributed by atoms with Crippen molar-refractivity contribution in [2.24, 2.45) is 0 Å². The minimum atomic E-state index is -0.357.